The molecule has 5 heteroatoms. The third-order valence-corrected chi connectivity index (χ3v) is 4.54. The maximum Gasteiger partial charge on any atom is 0.343 e. The van der Waals surface area contributed by atoms with Crippen molar-refractivity contribution in [2.45, 2.75) is 0 Å². The number of hydrogen-bond acceptors (Lipinski definition) is 4. The SMILES string of the molecule is O=C(N/N=C\c1c(OC(=O)c2ccccc2)ccc2ccccc12)c1ccccc1. The van der Waals surface area contributed by atoms with Crippen molar-refractivity contribution in [2.75, 3.05) is 0 Å². The zero-order valence-corrected chi connectivity index (χ0v) is 16.0. The highest BCUT2D eigenvalue weighted by Gasteiger charge is 2.13. The number of ether oxygens (including phenoxy) is 1. The molecule has 4 aromatic rings. The molecular formula is C25H18N2O3. The monoisotopic (exact) mass is 394 g/mol. The summed E-state index contributed by atoms with van der Waals surface area (Å²) in [6, 6.07) is 28.9. The summed E-state index contributed by atoms with van der Waals surface area (Å²) >= 11 is 0. The second kappa shape index (κ2) is 8.84. The number of nitrogens with one attached hydrogen (secondary N) is 1. The van der Waals surface area contributed by atoms with Gasteiger partial charge in [0.05, 0.1) is 11.8 Å². The van der Waals surface area contributed by atoms with Gasteiger partial charge in [-0.1, -0.05) is 66.7 Å². The molecule has 0 aromatic heterocycles. The van der Waals surface area contributed by atoms with Gasteiger partial charge >= 0.3 is 5.97 Å². The smallest absolute Gasteiger partial charge is 0.343 e. The van der Waals surface area contributed by atoms with Crippen LogP contribution in [0.15, 0.2) is 102 Å². The summed E-state index contributed by atoms with van der Waals surface area (Å²) in [5, 5.41) is 5.91. The lowest BCUT2D eigenvalue weighted by molar-refractivity contribution is 0.0734. The van der Waals surface area contributed by atoms with Crippen molar-refractivity contribution in [2.24, 2.45) is 5.10 Å². The van der Waals surface area contributed by atoms with Gasteiger partial charge in [0.2, 0.25) is 0 Å². The molecule has 0 aliphatic rings. The molecule has 0 unspecified atom stereocenters. The molecular weight excluding hydrogens is 376 g/mol. The fourth-order valence-electron chi connectivity index (χ4n) is 3.04. The topological polar surface area (TPSA) is 67.8 Å². The van der Waals surface area contributed by atoms with Gasteiger partial charge in [-0.15, -0.1) is 0 Å². The molecule has 0 spiro atoms. The van der Waals surface area contributed by atoms with Gasteiger partial charge in [-0.25, -0.2) is 10.2 Å². The largest absolute Gasteiger partial charge is 0.422 e. The van der Waals surface area contributed by atoms with Gasteiger partial charge in [0.1, 0.15) is 5.75 Å². The van der Waals surface area contributed by atoms with Crippen molar-refractivity contribution >= 4 is 28.9 Å². The maximum atomic E-state index is 12.5. The number of benzene rings is 4. The minimum atomic E-state index is -0.464. The summed E-state index contributed by atoms with van der Waals surface area (Å²) < 4.78 is 5.64. The first-order chi connectivity index (χ1) is 14.7. The Labute approximate surface area is 173 Å². The predicted molar refractivity (Wildman–Crippen MR) is 117 cm³/mol. The zero-order chi connectivity index (χ0) is 20.8. The number of carbonyl (C=O) groups excluding carboxylic acids is 2. The summed E-state index contributed by atoms with van der Waals surface area (Å²) in [5.74, 6) is -0.427. The Bertz CT molecular complexity index is 1220. The van der Waals surface area contributed by atoms with E-state index in [0.29, 0.717) is 22.4 Å². The fraction of sp³-hybridized carbons (Fsp3) is 0. The van der Waals surface area contributed by atoms with E-state index in [9.17, 15) is 9.59 Å². The number of nitrogens with zero attached hydrogens (tertiary/aromatic N) is 1. The molecule has 146 valence electrons. The van der Waals surface area contributed by atoms with Crippen LogP contribution in [0.25, 0.3) is 10.8 Å². The normalized spacial score (nSPS) is 10.8. The zero-order valence-electron chi connectivity index (χ0n) is 16.0. The Kier molecular flexibility index (Phi) is 5.62. The number of carbonyl (C=O) groups is 2. The average Bonchev–Trinajstić information content (AvgIpc) is 2.81. The number of fused-ring (bicyclic) bond motifs is 1. The van der Waals surface area contributed by atoms with E-state index in [1.165, 1.54) is 6.21 Å². The first kappa shape index (κ1) is 19.1. The van der Waals surface area contributed by atoms with Crippen molar-refractivity contribution in [3.63, 3.8) is 0 Å². The molecule has 0 bridgehead atoms. The highest BCUT2D eigenvalue weighted by atomic mass is 16.5. The van der Waals surface area contributed by atoms with Crippen molar-refractivity contribution in [3.05, 3.63) is 114 Å². The van der Waals surface area contributed by atoms with Gasteiger partial charge < -0.3 is 4.74 Å². The average molecular weight is 394 g/mol. The number of amides is 1. The van der Waals surface area contributed by atoms with Gasteiger partial charge in [0.15, 0.2) is 0 Å². The molecule has 0 saturated heterocycles. The van der Waals surface area contributed by atoms with Crippen LogP contribution < -0.4 is 10.2 Å². The van der Waals surface area contributed by atoms with E-state index in [-0.39, 0.29) is 5.91 Å². The van der Waals surface area contributed by atoms with E-state index in [1.807, 2.05) is 42.5 Å². The van der Waals surface area contributed by atoms with Crippen LogP contribution in [0.1, 0.15) is 26.3 Å². The predicted octanol–water partition coefficient (Wildman–Crippen LogP) is 4.82. The molecule has 0 heterocycles. The molecule has 1 N–H and O–H groups in total. The maximum absolute atomic E-state index is 12.5. The van der Waals surface area contributed by atoms with Crippen LogP contribution in [0, 0.1) is 0 Å². The molecule has 0 atom stereocenters. The third kappa shape index (κ3) is 4.25. The quantitative estimate of drug-likeness (QED) is 0.228. The summed E-state index contributed by atoms with van der Waals surface area (Å²) in [4.78, 5) is 24.8. The molecule has 0 aliphatic heterocycles. The van der Waals surface area contributed by atoms with Crippen molar-refractivity contribution in [3.8, 4) is 5.75 Å². The van der Waals surface area contributed by atoms with Crippen LogP contribution in [0.5, 0.6) is 5.75 Å². The molecule has 4 aromatic carbocycles. The molecule has 1 amide bonds. The van der Waals surface area contributed by atoms with Gasteiger partial charge in [-0.2, -0.15) is 5.10 Å². The first-order valence-corrected chi connectivity index (χ1v) is 9.40. The molecule has 0 fully saturated rings. The minimum Gasteiger partial charge on any atom is -0.422 e. The van der Waals surface area contributed by atoms with Crippen LogP contribution in [0.4, 0.5) is 0 Å². The summed E-state index contributed by atoms with van der Waals surface area (Å²) in [6.45, 7) is 0. The Morgan fingerprint density at radius 1 is 0.733 bits per heavy atom. The van der Waals surface area contributed by atoms with E-state index in [0.717, 1.165) is 10.8 Å². The summed E-state index contributed by atoms with van der Waals surface area (Å²) in [7, 11) is 0. The van der Waals surface area contributed by atoms with E-state index in [1.54, 1.807) is 54.6 Å². The van der Waals surface area contributed by atoms with E-state index < -0.39 is 5.97 Å². The minimum absolute atomic E-state index is 0.324. The Balaban J connectivity index is 1.64. The van der Waals surface area contributed by atoms with Crippen molar-refractivity contribution < 1.29 is 14.3 Å². The Hall–Kier alpha value is -4.25. The highest BCUT2D eigenvalue weighted by Crippen LogP contribution is 2.27. The Morgan fingerprint density at radius 3 is 2.10 bits per heavy atom. The second-order valence-corrected chi connectivity index (χ2v) is 6.52. The fourth-order valence-corrected chi connectivity index (χ4v) is 3.04. The van der Waals surface area contributed by atoms with Crippen LogP contribution in [0.3, 0.4) is 0 Å². The van der Waals surface area contributed by atoms with Gasteiger partial charge in [0.25, 0.3) is 5.91 Å². The third-order valence-electron chi connectivity index (χ3n) is 4.54. The summed E-state index contributed by atoms with van der Waals surface area (Å²) in [5.41, 5.74) is 4.07. The molecule has 4 rings (SSSR count). The lowest BCUT2D eigenvalue weighted by Gasteiger charge is -2.10. The Morgan fingerprint density at radius 2 is 1.37 bits per heavy atom. The molecule has 0 radical (unpaired) electrons. The molecule has 30 heavy (non-hydrogen) atoms. The van der Waals surface area contributed by atoms with Crippen LogP contribution >= 0.6 is 0 Å². The van der Waals surface area contributed by atoms with Crippen LogP contribution in [-0.4, -0.2) is 18.1 Å². The molecule has 0 aliphatic carbocycles. The summed E-state index contributed by atoms with van der Waals surface area (Å²) in [6.07, 6.45) is 1.50. The molecule has 5 nitrogen and oxygen atoms in total. The lowest BCUT2D eigenvalue weighted by atomic mass is 10.0. The van der Waals surface area contributed by atoms with Crippen LogP contribution in [0.2, 0.25) is 0 Å². The highest BCUT2D eigenvalue weighted by molar-refractivity contribution is 6.04. The van der Waals surface area contributed by atoms with E-state index in [2.05, 4.69) is 10.5 Å². The number of hydrazone groups is 1. The number of hydrogen-bond donors (Lipinski definition) is 1. The molecule has 0 saturated carbocycles. The van der Waals surface area contributed by atoms with Gasteiger partial charge in [-0.05, 0) is 41.1 Å². The first-order valence-electron chi connectivity index (χ1n) is 9.40. The van der Waals surface area contributed by atoms with E-state index >= 15 is 0 Å². The standard InChI is InChI=1S/C25H18N2O3/c28-24(19-10-3-1-4-11-19)27-26-17-22-21-14-8-7-9-18(21)15-16-23(22)30-25(29)20-12-5-2-6-13-20/h1-17H,(H,27,28)/b26-17-. The van der Waals surface area contributed by atoms with Crippen molar-refractivity contribution in [1.82, 2.24) is 5.43 Å². The van der Waals surface area contributed by atoms with Crippen LogP contribution in [-0.2, 0) is 0 Å². The van der Waals surface area contributed by atoms with Crippen molar-refractivity contribution in [1.29, 1.82) is 0 Å². The number of esters is 1. The lowest BCUT2D eigenvalue weighted by Crippen LogP contribution is -2.17. The number of rotatable bonds is 5. The van der Waals surface area contributed by atoms with Gasteiger partial charge in [-0.3, -0.25) is 4.79 Å². The van der Waals surface area contributed by atoms with E-state index in [4.69, 9.17) is 4.74 Å². The van der Waals surface area contributed by atoms with Gasteiger partial charge in [0, 0.05) is 11.1 Å². The second-order valence-electron chi connectivity index (χ2n) is 6.52.